The maximum atomic E-state index is 13.7. The first-order valence-electron chi connectivity index (χ1n) is 10.0. The number of carbonyl (C=O) groups is 1. The van der Waals surface area contributed by atoms with E-state index in [1.807, 2.05) is 109 Å². The Morgan fingerprint density at radius 1 is 0.806 bits per heavy atom. The third kappa shape index (κ3) is 4.98. The summed E-state index contributed by atoms with van der Waals surface area (Å²) in [4.78, 5) is 13.2. The number of benzene rings is 4. The van der Waals surface area contributed by atoms with Crippen LogP contribution in [0.25, 0.3) is 16.8 Å². The van der Waals surface area contributed by atoms with Crippen molar-refractivity contribution in [3.05, 3.63) is 119 Å². The van der Waals surface area contributed by atoms with E-state index in [-0.39, 0.29) is 0 Å². The van der Waals surface area contributed by atoms with Crippen molar-refractivity contribution < 1.29 is 13.7 Å². The summed E-state index contributed by atoms with van der Waals surface area (Å²) < 4.78 is 19.4. The maximum absolute atomic E-state index is 13.7. The van der Waals surface area contributed by atoms with E-state index < -0.39 is 22.9 Å². The first-order chi connectivity index (χ1) is 15.1. The molecular formula is C27H22O3S. The number of carbonyl (C=O) groups excluding carboxylic acids is 1. The smallest absolute Gasteiger partial charge is 0.303 e. The molecule has 0 bridgehead atoms. The van der Waals surface area contributed by atoms with E-state index in [1.54, 1.807) is 0 Å². The Morgan fingerprint density at radius 3 is 2.10 bits per heavy atom. The van der Waals surface area contributed by atoms with Gasteiger partial charge in [-0.25, -0.2) is 4.21 Å². The zero-order valence-electron chi connectivity index (χ0n) is 17.1. The Bertz CT molecular complexity index is 1250. The molecule has 0 aromatic heterocycles. The Hall–Kier alpha value is -3.50. The lowest BCUT2D eigenvalue weighted by atomic mass is 10.0. The lowest BCUT2D eigenvalue weighted by molar-refractivity contribution is -0.144. The van der Waals surface area contributed by atoms with Gasteiger partial charge >= 0.3 is 5.97 Å². The predicted octanol–water partition coefficient (Wildman–Crippen LogP) is 6.29. The predicted molar refractivity (Wildman–Crippen MR) is 126 cm³/mol. The molecular weight excluding hydrogens is 404 g/mol. The highest BCUT2D eigenvalue weighted by atomic mass is 32.2. The molecule has 2 unspecified atom stereocenters. The summed E-state index contributed by atoms with van der Waals surface area (Å²) in [7, 11) is -1.52. The van der Waals surface area contributed by atoms with Crippen molar-refractivity contribution in [2.24, 2.45) is 0 Å². The molecule has 0 radical (unpaired) electrons. The largest absolute Gasteiger partial charge is 0.452 e. The van der Waals surface area contributed by atoms with Crippen LogP contribution in [-0.4, -0.2) is 10.2 Å². The molecule has 0 saturated carbocycles. The fourth-order valence-electron chi connectivity index (χ4n) is 3.45. The van der Waals surface area contributed by atoms with Crippen LogP contribution in [0.5, 0.6) is 0 Å². The molecule has 0 saturated heterocycles. The highest BCUT2D eigenvalue weighted by Crippen LogP contribution is 2.34. The second-order valence-corrected chi connectivity index (χ2v) is 8.62. The van der Waals surface area contributed by atoms with Gasteiger partial charge in [-0.3, -0.25) is 4.79 Å². The van der Waals surface area contributed by atoms with E-state index >= 15 is 0 Å². The molecule has 4 aromatic rings. The Balaban J connectivity index is 1.88. The first-order valence-corrected chi connectivity index (χ1v) is 11.2. The van der Waals surface area contributed by atoms with E-state index in [0.717, 1.165) is 21.9 Å². The highest BCUT2D eigenvalue weighted by molar-refractivity contribution is 7.89. The average Bonchev–Trinajstić information content (AvgIpc) is 2.81. The number of hydrogen-bond donors (Lipinski definition) is 0. The standard InChI is InChI=1S/C27H22O3S/c1-20(28)30-27(24-17-16-22-12-8-9-13-23(22)19-24)26(18-21-10-4-2-5-11-21)31(29)25-14-6-3-7-15-25/h2-19,27H,1H3/b26-18+. The minimum absolute atomic E-state index is 0.429. The Morgan fingerprint density at radius 2 is 1.42 bits per heavy atom. The molecule has 3 nitrogen and oxygen atoms in total. The topological polar surface area (TPSA) is 43.4 Å². The fourth-order valence-corrected chi connectivity index (χ4v) is 4.75. The molecule has 0 spiro atoms. The Kier molecular flexibility index (Phi) is 6.39. The molecule has 4 heteroatoms. The van der Waals surface area contributed by atoms with E-state index in [2.05, 4.69) is 0 Å². The molecule has 4 rings (SSSR count). The molecule has 0 aliphatic heterocycles. The fraction of sp³-hybridized carbons (Fsp3) is 0.0741. The molecule has 0 fully saturated rings. The van der Waals surface area contributed by atoms with Gasteiger partial charge in [0.15, 0.2) is 6.10 Å². The summed E-state index contributed by atoms with van der Waals surface area (Å²) in [6.07, 6.45) is 1.08. The molecule has 2 atom stereocenters. The summed E-state index contributed by atoms with van der Waals surface area (Å²) in [6.45, 7) is 1.37. The van der Waals surface area contributed by atoms with Gasteiger partial charge in [0.2, 0.25) is 0 Å². The van der Waals surface area contributed by atoms with Crippen LogP contribution in [-0.2, 0) is 20.3 Å². The second kappa shape index (κ2) is 9.54. The van der Waals surface area contributed by atoms with Crippen LogP contribution in [0.2, 0.25) is 0 Å². The highest BCUT2D eigenvalue weighted by Gasteiger charge is 2.26. The van der Waals surface area contributed by atoms with Crippen molar-refractivity contribution in [3.8, 4) is 0 Å². The van der Waals surface area contributed by atoms with Crippen molar-refractivity contribution in [1.82, 2.24) is 0 Å². The van der Waals surface area contributed by atoms with Gasteiger partial charge in [-0.2, -0.15) is 0 Å². The molecule has 0 heterocycles. The molecule has 0 amide bonds. The first kappa shape index (κ1) is 20.8. The minimum atomic E-state index is -1.52. The van der Waals surface area contributed by atoms with E-state index in [4.69, 9.17) is 4.74 Å². The number of fused-ring (bicyclic) bond motifs is 1. The van der Waals surface area contributed by atoms with Gasteiger partial charge in [0.1, 0.15) is 0 Å². The van der Waals surface area contributed by atoms with Crippen molar-refractivity contribution in [2.75, 3.05) is 0 Å². The van der Waals surface area contributed by atoms with Crippen LogP contribution in [0.1, 0.15) is 24.2 Å². The van der Waals surface area contributed by atoms with Crippen LogP contribution in [0, 0.1) is 0 Å². The lowest BCUT2D eigenvalue weighted by Crippen LogP contribution is -2.14. The molecule has 4 aromatic carbocycles. The summed E-state index contributed by atoms with van der Waals surface area (Å²) in [5.41, 5.74) is 1.67. The normalized spacial score (nSPS) is 13.5. The van der Waals surface area contributed by atoms with Gasteiger partial charge < -0.3 is 4.74 Å². The van der Waals surface area contributed by atoms with Gasteiger partial charge in [-0.05, 0) is 46.2 Å². The number of ether oxygens (including phenoxy) is 1. The molecule has 0 N–H and O–H groups in total. The second-order valence-electron chi connectivity index (χ2n) is 7.14. The van der Waals surface area contributed by atoms with Crippen molar-refractivity contribution in [3.63, 3.8) is 0 Å². The van der Waals surface area contributed by atoms with Gasteiger partial charge in [0, 0.05) is 11.8 Å². The number of hydrogen-bond acceptors (Lipinski definition) is 3. The molecule has 31 heavy (non-hydrogen) atoms. The zero-order valence-corrected chi connectivity index (χ0v) is 17.9. The maximum Gasteiger partial charge on any atom is 0.303 e. The summed E-state index contributed by atoms with van der Waals surface area (Å²) >= 11 is 0. The quantitative estimate of drug-likeness (QED) is 0.340. The van der Waals surface area contributed by atoms with Crippen molar-refractivity contribution in [2.45, 2.75) is 17.9 Å². The van der Waals surface area contributed by atoms with Gasteiger partial charge in [-0.15, -0.1) is 0 Å². The van der Waals surface area contributed by atoms with Gasteiger partial charge in [-0.1, -0.05) is 84.9 Å². The van der Waals surface area contributed by atoms with E-state index in [9.17, 15) is 9.00 Å². The van der Waals surface area contributed by atoms with E-state index in [1.165, 1.54) is 6.92 Å². The van der Waals surface area contributed by atoms with Gasteiger partial charge in [0.05, 0.1) is 15.7 Å². The summed E-state index contributed by atoms with van der Waals surface area (Å²) in [5, 5.41) is 2.12. The van der Waals surface area contributed by atoms with E-state index in [0.29, 0.717) is 9.80 Å². The van der Waals surface area contributed by atoms with Crippen LogP contribution in [0.3, 0.4) is 0 Å². The monoisotopic (exact) mass is 426 g/mol. The van der Waals surface area contributed by atoms with Crippen molar-refractivity contribution >= 4 is 33.6 Å². The van der Waals surface area contributed by atoms with Crippen LogP contribution < -0.4 is 0 Å². The third-order valence-electron chi connectivity index (χ3n) is 4.90. The third-order valence-corrected chi connectivity index (χ3v) is 6.36. The SMILES string of the molecule is CC(=O)OC(/C(=C\c1ccccc1)S(=O)c1ccccc1)c1ccc2ccccc2c1. The van der Waals surface area contributed by atoms with Crippen LogP contribution >= 0.6 is 0 Å². The zero-order chi connectivity index (χ0) is 21.6. The Labute approximate surface area is 184 Å². The number of rotatable bonds is 6. The van der Waals surface area contributed by atoms with Crippen LogP contribution in [0.4, 0.5) is 0 Å². The molecule has 0 aliphatic carbocycles. The average molecular weight is 427 g/mol. The molecule has 154 valence electrons. The van der Waals surface area contributed by atoms with Gasteiger partial charge in [0.25, 0.3) is 0 Å². The van der Waals surface area contributed by atoms with Crippen molar-refractivity contribution in [1.29, 1.82) is 0 Å². The minimum Gasteiger partial charge on any atom is -0.452 e. The summed E-state index contributed by atoms with van der Waals surface area (Å²) in [6, 6.07) is 32.8. The summed E-state index contributed by atoms with van der Waals surface area (Å²) in [5.74, 6) is -0.429. The number of esters is 1. The molecule has 0 aliphatic rings. The van der Waals surface area contributed by atoms with Crippen LogP contribution in [0.15, 0.2) is 113 Å². The lowest BCUT2D eigenvalue weighted by Gasteiger charge is -2.21.